The maximum absolute atomic E-state index is 13.6. The van der Waals surface area contributed by atoms with Crippen molar-refractivity contribution >= 4 is 17.5 Å². The second-order valence-corrected chi connectivity index (χ2v) is 6.43. The van der Waals surface area contributed by atoms with Gasteiger partial charge in [-0.25, -0.2) is 22.5 Å². The monoisotopic (exact) mass is 397 g/mol. The predicted octanol–water partition coefficient (Wildman–Crippen LogP) is 4.70. The summed E-state index contributed by atoms with van der Waals surface area (Å²) in [5, 5.41) is 2.62. The number of hydrogen-bond acceptors (Lipinski definition) is 5. The smallest absolute Gasteiger partial charge is 0.350 e. The van der Waals surface area contributed by atoms with Gasteiger partial charge in [0.15, 0.2) is 34.8 Å². The molecule has 0 amide bonds. The van der Waals surface area contributed by atoms with E-state index in [1.54, 1.807) is 26.2 Å². The van der Waals surface area contributed by atoms with Crippen LogP contribution in [0.2, 0.25) is 0 Å². The number of hydrazine groups is 1. The fourth-order valence-corrected chi connectivity index (χ4v) is 1.86. The molecule has 0 aliphatic carbocycles. The summed E-state index contributed by atoms with van der Waals surface area (Å²) in [5.74, 6) is -7.88. The van der Waals surface area contributed by atoms with E-state index in [-0.39, 0.29) is 6.07 Å². The van der Waals surface area contributed by atoms with Gasteiger partial charge < -0.3 is 5.32 Å². The molecule has 1 aromatic heterocycles. The third-order valence-electron chi connectivity index (χ3n) is 2.93. The molecule has 27 heavy (non-hydrogen) atoms. The minimum atomic E-state index is -4.84. The number of nitrogens with zero attached hydrogens (tertiary/aromatic N) is 2. The summed E-state index contributed by atoms with van der Waals surface area (Å²) in [6.07, 6.45) is -4.84. The Kier molecular flexibility index (Phi) is 5.38. The molecule has 0 atom stereocenters. The largest absolute Gasteiger partial charge is 0.433 e. The molecule has 0 aliphatic rings. The molecule has 0 fully saturated rings. The van der Waals surface area contributed by atoms with Crippen LogP contribution < -0.4 is 16.2 Å². The quantitative estimate of drug-likeness (QED) is 0.397. The molecule has 1 aromatic carbocycles. The highest BCUT2D eigenvalue weighted by molar-refractivity contribution is 5.53. The summed E-state index contributed by atoms with van der Waals surface area (Å²) < 4.78 is 92.6. The lowest BCUT2D eigenvalue weighted by atomic mass is 10.1. The lowest BCUT2D eigenvalue weighted by Crippen LogP contribution is -2.28. The molecular formula is C15H14F7N5. The standard InChI is InChI=1S/C15H14F7N5/c1-14(2,3)25-13-23-8(15(20,21)22)5-9(24-13)26-27-12-10(18)6(16)4-7(17)11(12)19/h4-5,27H,1-3H3,(H2,23,24,25,26). The zero-order valence-corrected chi connectivity index (χ0v) is 14.2. The van der Waals surface area contributed by atoms with Gasteiger partial charge in [0.25, 0.3) is 0 Å². The molecule has 0 saturated heterocycles. The topological polar surface area (TPSA) is 61.9 Å². The van der Waals surface area contributed by atoms with Crippen molar-refractivity contribution in [2.45, 2.75) is 32.5 Å². The molecule has 2 rings (SSSR count). The van der Waals surface area contributed by atoms with E-state index in [0.29, 0.717) is 6.07 Å². The Labute approximate surface area is 149 Å². The minimum absolute atomic E-state index is 0.00630. The van der Waals surface area contributed by atoms with Crippen LogP contribution in [0, 0.1) is 23.3 Å². The van der Waals surface area contributed by atoms with Gasteiger partial charge in [-0.3, -0.25) is 10.9 Å². The van der Waals surface area contributed by atoms with Gasteiger partial charge in [0, 0.05) is 17.7 Å². The van der Waals surface area contributed by atoms with Crippen molar-refractivity contribution in [3.8, 4) is 0 Å². The van der Waals surface area contributed by atoms with Crippen molar-refractivity contribution in [1.29, 1.82) is 0 Å². The summed E-state index contributed by atoms with van der Waals surface area (Å²) in [4.78, 5) is 7.05. The van der Waals surface area contributed by atoms with Crippen LogP contribution in [-0.2, 0) is 6.18 Å². The molecule has 3 N–H and O–H groups in total. The zero-order chi connectivity index (χ0) is 20.6. The number of anilines is 3. The number of rotatable bonds is 4. The first-order valence-corrected chi connectivity index (χ1v) is 7.37. The Morgan fingerprint density at radius 3 is 1.85 bits per heavy atom. The van der Waals surface area contributed by atoms with Crippen molar-refractivity contribution in [1.82, 2.24) is 9.97 Å². The van der Waals surface area contributed by atoms with Crippen LogP contribution in [0.1, 0.15) is 26.5 Å². The second kappa shape index (κ2) is 7.08. The molecule has 0 radical (unpaired) electrons. The van der Waals surface area contributed by atoms with E-state index < -0.39 is 58.1 Å². The molecule has 2 aromatic rings. The maximum atomic E-state index is 13.6. The number of halogens is 7. The Morgan fingerprint density at radius 1 is 0.815 bits per heavy atom. The SMILES string of the molecule is CC(C)(C)Nc1nc(NNc2c(F)c(F)cc(F)c2F)cc(C(F)(F)F)n1. The van der Waals surface area contributed by atoms with Crippen LogP contribution in [0.25, 0.3) is 0 Å². The third-order valence-corrected chi connectivity index (χ3v) is 2.93. The van der Waals surface area contributed by atoms with Gasteiger partial charge in [-0.1, -0.05) is 0 Å². The normalized spacial score (nSPS) is 12.1. The first kappa shape index (κ1) is 20.5. The number of benzene rings is 1. The first-order chi connectivity index (χ1) is 12.3. The molecule has 12 heteroatoms. The summed E-state index contributed by atoms with van der Waals surface area (Å²) in [7, 11) is 0. The third kappa shape index (κ3) is 5.11. The summed E-state index contributed by atoms with van der Waals surface area (Å²) in [5.41, 5.74) is 0.462. The fourth-order valence-electron chi connectivity index (χ4n) is 1.86. The average molecular weight is 397 g/mol. The van der Waals surface area contributed by atoms with Crippen LogP contribution >= 0.6 is 0 Å². The Hall–Kier alpha value is -2.79. The number of aromatic nitrogens is 2. The lowest BCUT2D eigenvalue weighted by Gasteiger charge is -2.22. The molecule has 0 saturated carbocycles. The average Bonchev–Trinajstić information content (AvgIpc) is 2.50. The molecule has 0 aliphatic heterocycles. The van der Waals surface area contributed by atoms with Gasteiger partial charge in [0.1, 0.15) is 5.69 Å². The van der Waals surface area contributed by atoms with Gasteiger partial charge >= 0.3 is 6.18 Å². The van der Waals surface area contributed by atoms with Crippen LogP contribution in [-0.4, -0.2) is 15.5 Å². The van der Waals surface area contributed by atoms with Crippen LogP contribution in [0.3, 0.4) is 0 Å². The maximum Gasteiger partial charge on any atom is 0.433 e. The van der Waals surface area contributed by atoms with Gasteiger partial charge in [-0.2, -0.15) is 18.2 Å². The minimum Gasteiger partial charge on any atom is -0.350 e. The van der Waals surface area contributed by atoms with Crippen LogP contribution in [0.5, 0.6) is 0 Å². The highest BCUT2D eigenvalue weighted by Gasteiger charge is 2.34. The molecule has 0 spiro atoms. The van der Waals surface area contributed by atoms with E-state index in [2.05, 4.69) is 15.3 Å². The highest BCUT2D eigenvalue weighted by atomic mass is 19.4. The second-order valence-electron chi connectivity index (χ2n) is 6.43. The van der Waals surface area contributed by atoms with Crippen molar-refractivity contribution in [3.63, 3.8) is 0 Å². The number of hydrogen-bond donors (Lipinski definition) is 3. The van der Waals surface area contributed by atoms with E-state index in [0.717, 1.165) is 0 Å². The van der Waals surface area contributed by atoms with Gasteiger partial charge in [0.2, 0.25) is 5.95 Å². The highest BCUT2D eigenvalue weighted by Crippen LogP contribution is 2.30. The van der Waals surface area contributed by atoms with Crippen molar-refractivity contribution in [2.75, 3.05) is 16.2 Å². The molecular weight excluding hydrogens is 383 g/mol. The van der Waals surface area contributed by atoms with Gasteiger partial charge in [0.05, 0.1) is 0 Å². The zero-order valence-electron chi connectivity index (χ0n) is 14.2. The molecule has 0 bridgehead atoms. The predicted molar refractivity (Wildman–Crippen MR) is 83.9 cm³/mol. The van der Waals surface area contributed by atoms with Gasteiger partial charge in [-0.05, 0) is 20.8 Å². The van der Waals surface area contributed by atoms with E-state index in [1.807, 2.05) is 5.43 Å². The van der Waals surface area contributed by atoms with Crippen molar-refractivity contribution < 1.29 is 30.7 Å². The van der Waals surface area contributed by atoms with E-state index >= 15 is 0 Å². The Balaban J connectivity index is 2.38. The van der Waals surface area contributed by atoms with Crippen molar-refractivity contribution in [2.24, 2.45) is 0 Å². The van der Waals surface area contributed by atoms with Crippen molar-refractivity contribution in [3.05, 3.63) is 41.1 Å². The number of nitrogens with one attached hydrogen (secondary N) is 3. The fraction of sp³-hybridized carbons (Fsp3) is 0.333. The molecule has 1 heterocycles. The molecule has 148 valence electrons. The Morgan fingerprint density at radius 2 is 1.37 bits per heavy atom. The number of alkyl halides is 3. The Bertz CT molecular complexity index is 820. The van der Waals surface area contributed by atoms with E-state index in [9.17, 15) is 30.7 Å². The van der Waals surface area contributed by atoms with Gasteiger partial charge in [-0.15, -0.1) is 0 Å². The van der Waals surface area contributed by atoms with Crippen LogP contribution in [0.15, 0.2) is 12.1 Å². The lowest BCUT2D eigenvalue weighted by molar-refractivity contribution is -0.141. The van der Waals surface area contributed by atoms with E-state index in [4.69, 9.17) is 0 Å². The molecule has 0 unspecified atom stereocenters. The van der Waals surface area contributed by atoms with E-state index in [1.165, 1.54) is 0 Å². The van der Waals surface area contributed by atoms with Crippen LogP contribution in [0.4, 0.5) is 48.2 Å². The summed E-state index contributed by atoms with van der Waals surface area (Å²) in [6, 6.07) is 0.444. The summed E-state index contributed by atoms with van der Waals surface area (Å²) >= 11 is 0. The summed E-state index contributed by atoms with van der Waals surface area (Å²) in [6.45, 7) is 4.92. The molecule has 5 nitrogen and oxygen atoms in total. The first-order valence-electron chi connectivity index (χ1n) is 7.37.